The summed E-state index contributed by atoms with van der Waals surface area (Å²) in [5.41, 5.74) is 8.75. The molecule has 4 N–H and O–H groups in total. The third kappa shape index (κ3) is 3.19. The fraction of sp³-hybridized carbons (Fsp3) is 0.391. The van der Waals surface area contributed by atoms with Gasteiger partial charge >= 0.3 is 6.03 Å². The Labute approximate surface area is 189 Å². The van der Waals surface area contributed by atoms with E-state index < -0.39 is 35.8 Å². The molecule has 5 amide bonds. The monoisotopic (exact) mass is 452 g/mol. The number of carbonyl (C=O) groups excluding carboxylic acids is 4. The van der Waals surface area contributed by atoms with Crippen molar-refractivity contribution in [2.45, 2.75) is 51.0 Å². The topological polar surface area (TPSA) is 122 Å². The number of anilines is 1. The Balaban J connectivity index is 1.34. The Kier molecular flexibility index (Phi) is 4.81. The van der Waals surface area contributed by atoms with Gasteiger partial charge in [0.25, 0.3) is 11.8 Å². The minimum atomic E-state index is -1.22. The number of benzene rings is 1. The quantitative estimate of drug-likeness (QED) is 0.602. The largest absolute Gasteiger partial charge is 0.365 e. The predicted octanol–water partition coefficient (Wildman–Crippen LogP) is 2.23. The molecule has 1 aromatic heterocycles. The number of nitrogens with zero attached hydrogens (tertiary/aromatic N) is 1. The number of imide groups is 1. The highest BCUT2D eigenvalue weighted by Gasteiger charge is 2.49. The van der Waals surface area contributed by atoms with Crippen molar-refractivity contribution in [3.8, 4) is 0 Å². The number of fused-ring (bicyclic) bond motifs is 2. The van der Waals surface area contributed by atoms with E-state index in [1.165, 1.54) is 22.5 Å². The average Bonchev–Trinajstić information content (AvgIpc) is 3.48. The zero-order chi connectivity index (χ0) is 22.6. The van der Waals surface area contributed by atoms with E-state index in [-0.39, 0.29) is 0 Å². The second kappa shape index (κ2) is 7.44. The van der Waals surface area contributed by atoms with Crippen LogP contribution in [0.5, 0.6) is 0 Å². The average molecular weight is 453 g/mol. The Hall–Kier alpha value is -3.20. The first-order valence-corrected chi connectivity index (χ1v) is 11.6. The lowest BCUT2D eigenvalue weighted by molar-refractivity contribution is -0.133. The van der Waals surface area contributed by atoms with Gasteiger partial charge in [-0.05, 0) is 67.7 Å². The molecule has 2 aromatic rings. The molecular weight excluding hydrogens is 428 g/mol. The number of carbonyl (C=O) groups is 4. The lowest BCUT2D eigenvalue weighted by Crippen LogP contribution is -2.42. The van der Waals surface area contributed by atoms with Crippen molar-refractivity contribution >= 4 is 40.1 Å². The van der Waals surface area contributed by atoms with Crippen LogP contribution in [0.2, 0.25) is 0 Å². The summed E-state index contributed by atoms with van der Waals surface area (Å²) >= 11 is 1.34. The van der Waals surface area contributed by atoms with Crippen LogP contribution >= 0.6 is 11.3 Å². The summed E-state index contributed by atoms with van der Waals surface area (Å²) in [7, 11) is 0. The molecule has 1 atom stereocenters. The standard InChI is InChI=1S/C23H24N4O4S/c1-23(14-9-8-12-4-2-5-13(12)10-14)21(30)27(22(31)26-23)11-17(28)25-20-18(19(24)29)15-6-3-7-16(15)32-20/h8-10H,2-7,11H2,1H3,(H2,24,29)(H,25,28)(H,26,31). The van der Waals surface area contributed by atoms with E-state index in [0.717, 1.165) is 53.9 Å². The lowest BCUT2D eigenvalue weighted by Gasteiger charge is -2.23. The molecule has 0 radical (unpaired) electrons. The van der Waals surface area contributed by atoms with Crippen LogP contribution in [0.3, 0.4) is 0 Å². The van der Waals surface area contributed by atoms with Gasteiger partial charge in [-0.2, -0.15) is 0 Å². The first-order valence-electron chi connectivity index (χ1n) is 10.8. The molecule has 1 aliphatic heterocycles. The van der Waals surface area contributed by atoms with E-state index >= 15 is 0 Å². The van der Waals surface area contributed by atoms with Gasteiger partial charge in [0, 0.05) is 4.88 Å². The number of hydrogen-bond acceptors (Lipinski definition) is 5. The highest BCUT2D eigenvalue weighted by molar-refractivity contribution is 7.17. The number of rotatable bonds is 5. The molecule has 166 valence electrons. The molecule has 0 spiro atoms. The van der Waals surface area contributed by atoms with Crippen molar-refractivity contribution in [2.24, 2.45) is 5.73 Å². The van der Waals surface area contributed by atoms with Crippen LogP contribution in [0.1, 0.15) is 57.3 Å². The fourth-order valence-corrected chi connectivity index (χ4v) is 6.29. The van der Waals surface area contributed by atoms with Gasteiger partial charge in [0.2, 0.25) is 5.91 Å². The molecule has 0 saturated carbocycles. The smallest absolute Gasteiger partial charge is 0.325 e. The molecular formula is C23H24N4O4S. The van der Waals surface area contributed by atoms with Crippen molar-refractivity contribution in [1.29, 1.82) is 0 Å². The number of nitrogens with two attached hydrogens (primary N) is 1. The highest BCUT2D eigenvalue weighted by Crippen LogP contribution is 2.39. The van der Waals surface area contributed by atoms with E-state index in [4.69, 9.17) is 5.73 Å². The third-order valence-corrected chi connectivity index (χ3v) is 7.88. The molecule has 1 fully saturated rings. The summed E-state index contributed by atoms with van der Waals surface area (Å²) in [6.45, 7) is 1.22. The lowest BCUT2D eigenvalue weighted by atomic mass is 9.89. The molecule has 0 bridgehead atoms. The summed E-state index contributed by atoms with van der Waals surface area (Å²) < 4.78 is 0. The van der Waals surface area contributed by atoms with Gasteiger partial charge in [-0.25, -0.2) is 4.79 Å². The number of thiophene rings is 1. The Morgan fingerprint density at radius 3 is 2.69 bits per heavy atom. The maximum atomic E-state index is 13.2. The summed E-state index contributed by atoms with van der Waals surface area (Å²) in [6.07, 6.45) is 5.63. The molecule has 2 heterocycles. The number of amides is 5. The SMILES string of the molecule is CC1(c2ccc3c(c2)CCC3)NC(=O)N(CC(=O)Nc2sc3c(c2C(N)=O)CCC3)C1=O. The number of hydrogen-bond donors (Lipinski definition) is 3. The maximum Gasteiger partial charge on any atom is 0.325 e. The molecule has 32 heavy (non-hydrogen) atoms. The molecule has 5 rings (SSSR count). The molecule has 8 nitrogen and oxygen atoms in total. The molecule has 1 unspecified atom stereocenters. The summed E-state index contributed by atoms with van der Waals surface area (Å²) in [5, 5.41) is 5.84. The van der Waals surface area contributed by atoms with E-state index in [1.54, 1.807) is 6.92 Å². The van der Waals surface area contributed by atoms with Crippen LogP contribution in [-0.2, 0) is 40.8 Å². The number of urea groups is 1. The maximum absolute atomic E-state index is 13.2. The minimum Gasteiger partial charge on any atom is -0.365 e. The van der Waals surface area contributed by atoms with E-state index in [9.17, 15) is 19.2 Å². The Bertz CT molecular complexity index is 1190. The zero-order valence-corrected chi connectivity index (χ0v) is 18.6. The zero-order valence-electron chi connectivity index (χ0n) is 17.7. The third-order valence-electron chi connectivity index (χ3n) is 6.67. The van der Waals surface area contributed by atoms with Gasteiger partial charge in [0.1, 0.15) is 17.1 Å². The van der Waals surface area contributed by atoms with Gasteiger partial charge in [-0.1, -0.05) is 18.2 Å². The number of primary amides is 1. The van der Waals surface area contributed by atoms with Gasteiger partial charge in [-0.15, -0.1) is 11.3 Å². The second-order valence-corrected chi connectivity index (χ2v) is 9.86. The van der Waals surface area contributed by atoms with Crippen molar-refractivity contribution < 1.29 is 19.2 Å². The van der Waals surface area contributed by atoms with Crippen molar-refractivity contribution in [2.75, 3.05) is 11.9 Å². The molecule has 1 saturated heterocycles. The highest BCUT2D eigenvalue weighted by atomic mass is 32.1. The summed E-state index contributed by atoms with van der Waals surface area (Å²) in [5.74, 6) is -1.60. The number of aryl methyl sites for hydroxylation is 3. The van der Waals surface area contributed by atoms with Gasteiger partial charge in [-0.3, -0.25) is 19.3 Å². The minimum absolute atomic E-state index is 0.344. The van der Waals surface area contributed by atoms with Crippen LogP contribution in [0.25, 0.3) is 0 Å². The molecule has 2 aliphatic carbocycles. The van der Waals surface area contributed by atoms with Gasteiger partial charge in [0.05, 0.1) is 5.56 Å². The van der Waals surface area contributed by atoms with Crippen LogP contribution in [0.4, 0.5) is 9.80 Å². The van der Waals surface area contributed by atoms with Gasteiger partial charge < -0.3 is 16.4 Å². The van der Waals surface area contributed by atoms with Crippen LogP contribution in [0.15, 0.2) is 18.2 Å². The molecule has 1 aromatic carbocycles. The van der Waals surface area contributed by atoms with Crippen LogP contribution < -0.4 is 16.4 Å². The van der Waals surface area contributed by atoms with Crippen molar-refractivity contribution in [3.63, 3.8) is 0 Å². The number of nitrogens with one attached hydrogen (secondary N) is 2. The fourth-order valence-electron chi connectivity index (χ4n) is 4.98. The second-order valence-electron chi connectivity index (χ2n) is 8.76. The summed E-state index contributed by atoms with van der Waals surface area (Å²) in [4.78, 5) is 52.5. The van der Waals surface area contributed by atoms with E-state index in [2.05, 4.69) is 10.6 Å². The van der Waals surface area contributed by atoms with Crippen LogP contribution in [-0.4, -0.2) is 35.2 Å². The Morgan fingerprint density at radius 2 is 1.91 bits per heavy atom. The van der Waals surface area contributed by atoms with Gasteiger partial charge in [0.15, 0.2) is 0 Å². The predicted molar refractivity (Wildman–Crippen MR) is 120 cm³/mol. The van der Waals surface area contributed by atoms with E-state index in [0.29, 0.717) is 16.1 Å². The van der Waals surface area contributed by atoms with Crippen molar-refractivity contribution in [1.82, 2.24) is 10.2 Å². The van der Waals surface area contributed by atoms with Crippen molar-refractivity contribution in [3.05, 3.63) is 50.9 Å². The molecule has 9 heteroatoms. The Morgan fingerprint density at radius 1 is 1.16 bits per heavy atom. The molecule has 3 aliphatic rings. The first kappa shape index (κ1) is 20.7. The normalized spacial score (nSPS) is 21.5. The van der Waals surface area contributed by atoms with Crippen LogP contribution in [0, 0.1) is 0 Å². The summed E-state index contributed by atoms with van der Waals surface area (Å²) in [6, 6.07) is 5.25. The first-order chi connectivity index (χ1) is 15.3. The van der Waals surface area contributed by atoms with E-state index in [1.807, 2.05) is 18.2 Å².